The molecular formula is C12H16N2. The van der Waals surface area contributed by atoms with Crippen molar-refractivity contribution in [2.24, 2.45) is 0 Å². The van der Waals surface area contributed by atoms with Crippen molar-refractivity contribution in [3.63, 3.8) is 0 Å². The lowest BCUT2D eigenvalue weighted by molar-refractivity contribution is 0.522. The second-order valence-corrected chi connectivity index (χ2v) is 4.61. The molecule has 1 fully saturated rings. The first kappa shape index (κ1) is 8.30. The van der Waals surface area contributed by atoms with Gasteiger partial charge in [0.15, 0.2) is 0 Å². The minimum absolute atomic E-state index is 0.390. The van der Waals surface area contributed by atoms with Gasteiger partial charge in [0.1, 0.15) is 0 Å². The quantitative estimate of drug-likeness (QED) is 0.647. The van der Waals surface area contributed by atoms with Crippen LogP contribution >= 0.6 is 0 Å². The molecule has 1 unspecified atom stereocenters. The van der Waals surface area contributed by atoms with Crippen LogP contribution in [-0.4, -0.2) is 19.6 Å². The van der Waals surface area contributed by atoms with Gasteiger partial charge in [-0.3, -0.25) is 0 Å². The first-order valence-electron chi connectivity index (χ1n) is 5.36. The van der Waals surface area contributed by atoms with E-state index in [9.17, 15) is 0 Å². The van der Waals surface area contributed by atoms with E-state index in [1.165, 1.54) is 23.2 Å². The van der Waals surface area contributed by atoms with E-state index in [1.807, 2.05) is 0 Å². The summed E-state index contributed by atoms with van der Waals surface area (Å²) in [6.45, 7) is 5.58. The summed E-state index contributed by atoms with van der Waals surface area (Å²) in [7, 11) is 0. The Bertz CT molecular complexity index is 365. The van der Waals surface area contributed by atoms with Gasteiger partial charge in [0.2, 0.25) is 0 Å². The van der Waals surface area contributed by atoms with Crippen LogP contribution in [0.1, 0.15) is 17.5 Å². The molecule has 2 aliphatic heterocycles. The lowest BCUT2D eigenvalue weighted by Crippen LogP contribution is -2.30. The first-order chi connectivity index (χ1) is 6.80. The molecule has 1 aromatic carbocycles. The molecule has 3 rings (SSSR count). The minimum atomic E-state index is 0.390. The summed E-state index contributed by atoms with van der Waals surface area (Å²) in [5, 5.41) is 7.00. The number of fused-ring (bicyclic) bond motifs is 2. The number of hydrogen-bond acceptors (Lipinski definition) is 2. The summed E-state index contributed by atoms with van der Waals surface area (Å²) < 4.78 is 0. The normalized spacial score (nSPS) is 29.2. The fourth-order valence-corrected chi connectivity index (χ4v) is 2.74. The van der Waals surface area contributed by atoms with Gasteiger partial charge in [-0.05, 0) is 31.5 Å². The van der Waals surface area contributed by atoms with Gasteiger partial charge in [0.25, 0.3) is 0 Å². The molecule has 0 aromatic heterocycles. The van der Waals surface area contributed by atoms with Gasteiger partial charge in [-0.15, -0.1) is 0 Å². The van der Waals surface area contributed by atoms with Crippen LogP contribution in [0.2, 0.25) is 0 Å². The minimum Gasteiger partial charge on any atom is -0.384 e. The third-order valence-corrected chi connectivity index (χ3v) is 3.61. The van der Waals surface area contributed by atoms with E-state index in [-0.39, 0.29) is 0 Å². The first-order valence-corrected chi connectivity index (χ1v) is 5.36. The number of nitrogens with one attached hydrogen (secondary N) is 2. The molecule has 2 heteroatoms. The van der Waals surface area contributed by atoms with E-state index >= 15 is 0 Å². The SMILES string of the molecule is Cc1ccc2c(c1)C1(CCNC1)CN2. The van der Waals surface area contributed by atoms with Crippen LogP contribution in [0, 0.1) is 6.92 Å². The maximum Gasteiger partial charge on any atom is 0.0380 e. The zero-order valence-electron chi connectivity index (χ0n) is 8.56. The highest BCUT2D eigenvalue weighted by molar-refractivity contribution is 5.62. The molecule has 0 amide bonds. The Morgan fingerprint density at radius 3 is 3.00 bits per heavy atom. The smallest absolute Gasteiger partial charge is 0.0380 e. The van der Waals surface area contributed by atoms with E-state index in [1.54, 1.807) is 0 Å². The van der Waals surface area contributed by atoms with E-state index in [0.717, 1.165) is 19.6 Å². The Hall–Kier alpha value is -1.02. The topological polar surface area (TPSA) is 24.1 Å². The summed E-state index contributed by atoms with van der Waals surface area (Å²) in [4.78, 5) is 0. The lowest BCUT2D eigenvalue weighted by atomic mass is 9.81. The molecule has 0 aliphatic carbocycles. The van der Waals surface area contributed by atoms with Crippen LogP contribution in [0.15, 0.2) is 18.2 Å². The molecule has 0 radical (unpaired) electrons. The zero-order valence-corrected chi connectivity index (χ0v) is 8.56. The van der Waals surface area contributed by atoms with E-state index < -0.39 is 0 Å². The maximum absolute atomic E-state index is 3.52. The van der Waals surface area contributed by atoms with Crippen molar-refractivity contribution in [3.05, 3.63) is 29.3 Å². The molecule has 0 saturated carbocycles. The van der Waals surface area contributed by atoms with Gasteiger partial charge >= 0.3 is 0 Å². The van der Waals surface area contributed by atoms with Crippen molar-refractivity contribution in [1.82, 2.24) is 5.32 Å². The molecule has 1 saturated heterocycles. The van der Waals surface area contributed by atoms with Crippen molar-refractivity contribution in [3.8, 4) is 0 Å². The second-order valence-electron chi connectivity index (χ2n) is 4.61. The highest BCUT2D eigenvalue weighted by atomic mass is 15.0. The highest BCUT2D eigenvalue weighted by Crippen LogP contribution is 2.41. The van der Waals surface area contributed by atoms with Crippen molar-refractivity contribution in [2.75, 3.05) is 25.0 Å². The van der Waals surface area contributed by atoms with Crippen LogP contribution in [0.25, 0.3) is 0 Å². The van der Waals surface area contributed by atoms with E-state index in [2.05, 4.69) is 35.8 Å². The number of aryl methyl sites for hydroxylation is 1. The van der Waals surface area contributed by atoms with Crippen molar-refractivity contribution < 1.29 is 0 Å². The molecular weight excluding hydrogens is 172 g/mol. The summed E-state index contributed by atoms with van der Waals surface area (Å²) >= 11 is 0. The standard InChI is InChI=1S/C12H16N2/c1-9-2-3-11-10(6-9)12(8-14-11)4-5-13-7-12/h2-3,6,13-14H,4-5,7-8H2,1H3. The third kappa shape index (κ3) is 1.01. The molecule has 0 bridgehead atoms. The number of anilines is 1. The van der Waals surface area contributed by atoms with Crippen LogP contribution in [0.5, 0.6) is 0 Å². The summed E-state index contributed by atoms with van der Waals surface area (Å²) in [6.07, 6.45) is 1.27. The molecule has 1 atom stereocenters. The van der Waals surface area contributed by atoms with Crippen LogP contribution in [-0.2, 0) is 5.41 Å². The largest absolute Gasteiger partial charge is 0.384 e. The molecule has 2 aliphatic rings. The predicted octanol–water partition coefficient (Wildman–Crippen LogP) is 1.65. The Labute approximate surface area is 84.7 Å². The summed E-state index contributed by atoms with van der Waals surface area (Å²) in [5.74, 6) is 0. The van der Waals surface area contributed by atoms with Gasteiger partial charge in [-0.2, -0.15) is 0 Å². The Morgan fingerprint density at radius 1 is 1.29 bits per heavy atom. The predicted molar refractivity (Wildman–Crippen MR) is 58.8 cm³/mol. The molecule has 2 nitrogen and oxygen atoms in total. The van der Waals surface area contributed by atoms with Gasteiger partial charge in [0, 0.05) is 24.2 Å². The monoisotopic (exact) mass is 188 g/mol. The Balaban J connectivity index is 2.12. The highest BCUT2D eigenvalue weighted by Gasteiger charge is 2.40. The zero-order chi connectivity index (χ0) is 9.60. The van der Waals surface area contributed by atoms with Crippen LogP contribution in [0.3, 0.4) is 0 Å². The van der Waals surface area contributed by atoms with Crippen LogP contribution in [0.4, 0.5) is 5.69 Å². The van der Waals surface area contributed by atoms with Crippen molar-refractivity contribution in [1.29, 1.82) is 0 Å². The molecule has 74 valence electrons. The Kier molecular flexibility index (Phi) is 1.62. The molecule has 2 heterocycles. The molecule has 1 spiro atoms. The van der Waals surface area contributed by atoms with E-state index in [0.29, 0.717) is 5.41 Å². The molecule has 1 aromatic rings. The summed E-state index contributed by atoms with van der Waals surface area (Å²) in [5.41, 5.74) is 4.64. The molecule has 14 heavy (non-hydrogen) atoms. The molecule has 2 N–H and O–H groups in total. The fourth-order valence-electron chi connectivity index (χ4n) is 2.74. The Morgan fingerprint density at radius 2 is 2.21 bits per heavy atom. The van der Waals surface area contributed by atoms with Gasteiger partial charge in [-0.1, -0.05) is 17.7 Å². The van der Waals surface area contributed by atoms with Crippen molar-refractivity contribution >= 4 is 5.69 Å². The van der Waals surface area contributed by atoms with Gasteiger partial charge < -0.3 is 10.6 Å². The summed E-state index contributed by atoms with van der Waals surface area (Å²) in [6, 6.07) is 6.76. The van der Waals surface area contributed by atoms with Crippen LogP contribution < -0.4 is 10.6 Å². The average Bonchev–Trinajstić information content (AvgIpc) is 2.77. The number of benzene rings is 1. The second kappa shape index (κ2) is 2.74. The van der Waals surface area contributed by atoms with Gasteiger partial charge in [0.05, 0.1) is 0 Å². The average molecular weight is 188 g/mol. The number of rotatable bonds is 0. The third-order valence-electron chi connectivity index (χ3n) is 3.61. The number of hydrogen-bond donors (Lipinski definition) is 2. The lowest BCUT2D eigenvalue weighted by Gasteiger charge is -2.21. The van der Waals surface area contributed by atoms with E-state index in [4.69, 9.17) is 0 Å². The maximum atomic E-state index is 3.52. The van der Waals surface area contributed by atoms with Gasteiger partial charge in [-0.25, -0.2) is 0 Å². The fraction of sp³-hybridized carbons (Fsp3) is 0.500. The van der Waals surface area contributed by atoms with Crippen molar-refractivity contribution in [2.45, 2.75) is 18.8 Å².